The smallest absolute Gasteiger partial charge is 0.296 e. The third-order valence-corrected chi connectivity index (χ3v) is 2.47. The van der Waals surface area contributed by atoms with E-state index in [-0.39, 0.29) is 16.7 Å². The molecule has 6 nitrogen and oxygen atoms in total. The van der Waals surface area contributed by atoms with Crippen LogP contribution in [0, 0.1) is 0 Å². The van der Waals surface area contributed by atoms with Crippen LogP contribution in [0.2, 0.25) is 0 Å². The lowest BCUT2D eigenvalue weighted by atomic mass is 9.91. The molecule has 0 atom stereocenters. The minimum atomic E-state index is -0.284. The molecule has 2 rings (SSSR count). The number of aromatic nitrogens is 4. The zero-order chi connectivity index (χ0) is 12.6. The van der Waals surface area contributed by atoms with Crippen LogP contribution < -0.4 is 11.3 Å². The quantitative estimate of drug-likeness (QED) is 0.763. The van der Waals surface area contributed by atoms with Gasteiger partial charge in [-0.25, -0.2) is 9.97 Å². The van der Waals surface area contributed by atoms with Gasteiger partial charge in [-0.2, -0.15) is 4.68 Å². The Morgan fingerprint density at radius 3 is 2.59 bits per heavy atom. The number of anilines is 1. The van der Waals surface area contributed by atoms with E-state index in [2.05, 4.69) is 15.1 Å². The fraction of sp³-hybridized carbons (Fsp3) is 0.364. The van der Waals surface area contributed by atoms with E-state index in [4.69, 9.17) is 5.73 Å². The predicted octanol–water partition coefficient (Wildman–Crippen LogP) is 0.835. The van der Waals surface area contributed by atoms with Crippen molar-refractivity contribution in [3.8, 4) is 5.82 Å². The number of nitrogens with one attached hydrogen (secondary N) is 1. The molecule has 2 aromatic heterocycles. The minimum Gasteiger partial charge on any atom is -0.393 e. The molecule has 2 aromatic rings. The van der Waals surface area contributed by atoms with E-state index in [1.807, 2.05) is 20.8 Å². The molecular formula is C11H15N5O. The van der Waals surface area contributed by atoms with Crippen molar-refractivity contribution in [2.45, 2.75) is 26.2 Å². The number of nitrogens with two attached hydrogens (primary N) is 1. The van der Waals surface area contributed by atoms with Gasteiger partial charge >= 0.3 is 0 Å². The molecule has 2 heterocycles. The molecule has 0 aromatic carbocycles. The van der Waals surface area contributed by atoms with Crippen LogP contribution in [-0.2, 0) is 5.41 Å². The Morgan fingerprint density at radius 2 is 2.12 bits per heavy atom. The van der Waals surface area contributed by atoms with Gasteiger partial charge in [0, 0.05) is 17.7 Å². The Labute approximate surface area is 98.5 Å². The van der Waals surface area contributed by atoms with Gasteiger partial charge in [0.15, 0.2) is 5.82 Å². The Balaban J connectivity index is 2.63. The summed E-state index contributed by atoms with van der Waals surface area (Å²) in [5.41, 5.74) is 6.26. The molecule has 0 bridgehead atoms. The van der Waals surface area contributed by atoms with Crippen molar-refractivity contribution in [1.29, 1.82) is 0 Å². The lowest BCUT2D eigenvalue weighted by Gasteiger charge is -2.16. The highest BCUT2D eigenvalue weighted by atomic mass is 16.1. The highest BCUT2D eigenvalue weighted by Crippen LogP contribution is 2.23. The molecule has 0 unspecified atom stereocenters. The van der Waals surface area contributed by atoms with Gasteiger partial charge in [-0.1, -0.05) is 20.8 Å². The Morgan fingerprint density at radius 1 is 1.41 bits per heavy atom. The summed E-state index contributed by atoms with van der Waals surface area (Å²) in [6, 6.07) is 1.64. The fourth-order valence-electron chi connectivity index (χ4n) is 1.60. The average molecular weight is 233 g/mol. The van der Waals surface area contributed by atoms with Crippen molar-refractivity contribution >= 4 is 5.69 Å². The first-order chi connectivity index (χ1) is 7.91. The second-order valence-corrected chi connectivity index (χ2v) is 4.86. The van der Waals surface area contributed by atoms with Crippen LogP contribution in [0.5, 0.6) is 0 Å². The molecule has 0 aliphatic carbocycles. The van der Waals surface area contributed by atoms with Crippen LogP contribution in [0.25, 0.3) is 5.82 Å². The van der Waals surface area contributed by atoms with E-state index in [1.165, 1.54) is 11.0 Å². The summed E-state index contributed by atoms with van der Waals surface area (Å²) in [6.45, 7) is 5.96. The summed E-state index contributed by atoms with van der Waals surface area (Å²) in [7, 11) is 0. The fourth-order valence-corrected chi connectivity index (χ4v) is 1.60. The first kappa shape index (κ1) is 11.4. The zero-order valence-electron chi connectivity index (χ0n) is 10.1. The number of hydrogen-bond acceptors (Lipinski definition) is 4. The van der Waals surface area contributed by atoms with Gasteiger partial charge in [0.25, 0.3) is 5.56 Å². The average Bonchev–Trinajstić information content (AvgIpc) is 2.57. The van der Waals surface area contributed by atoms with Crippen LogP contribution in [0.3, 0.4) is 0 Å². The van der Waals surface area contributed by atoms with Crippen molar-refractivity contribution in [3.05, 3.63) is 34.6 Å². The number of H-pyrrole nitrogens is 1. The van der Waals surface area contributed by atoms with Gasteiger partial charge in [-0.3, -0.25) is 9.89 Å². The molecule has 0 aliphatic rings. The first-order valence-electron chi connectivity index (χ1n) is 5.28. The highest BCUT2D eigenvalue weighted by Gasteiger charge is 2.23. The first-order valence-corrected chi connectivity index (χ1v) is 5.28. The zero-order valence-corrected chi connectivity index (χ0v) is 10.1. The number of aromatic amines is 1. The Kier molecular flexibility index (Phi) is 2.49. The van der Waals surface area contributed by atoms with Crippen LogP contribution in [-0.4, -0.2) is 19.7 Å². The molecule has 0 spiro atoms. The number of nitrogen functional groups attached to an aromatic ring is 1. The maximum absolute atomic E-state index is 12.0. The van der Waals surface area contributed by atoms with Crippen LogP contribution in [0.4, 0.5) is 5.69 Å². The van der Waals surface area contributed by atoms with Crippen molar-refractivity contribution in [2.75, 3.05) is 5.73 Å². The molecular weight excluding hydrogens is 218 g/mol. The van der Waals surface area contributed by atoms with Gasteiger partial charge in [-0.15, -0.1) is 0 Å². The van der Waals surface area contributed by atoms with Gasteiger partial charge < -0.3 is 5.73 Å². The van der Waals surface area contributed by atoms with Crippen molar-refractivity contribution in [2.24, 2.45) is 0 Å². The minimum absolute atomic E-state index is 0.221. The van der Waals surface area contributed by atoms with E-state index in [1.54, 1.807) is 12.3 Å². The van der Waals surface area contributed by atoms with Crippen LogP contribution in [0.1, 0.15) is 26.5 Å². The van der Waals surface area contributed by atoms with Crippen molar-refractivity contribution in [3.63, 3.8) is 0 Å². The summed E-state index contributed by atoms with van der Waals surface area (Å²) in [5.74, 6) is 0.479. The maximum atomic E-state index is 12.0. The predicted molar refractivity (Wildman–Crippen MR) is 65.1 cm³/mol. The Hall–Kier alpha value is -2.11. The lowest BCUT2D eigenvalue weighted by molar-refractivity contribution is 0.560. The molecule has 17 heavy (non-hydrogen) atoms. The molecule has 3 N–H and O–H groups in total. The number of hydrogen-bond donors (Lipinski definition) is 2. The molecule has 0 amide bonds. The Bertz CT molecular complexity index is 576. The van der Waals surface area contributed by atoms with E-state index in [9.17, 15) is 4.79 Å². The van der Waals surface area contributed by atoms with Crippen molar-refractivity contribution < 1.29 is 0 Å². The van der Waals surface area contributed by atoms with Gasteiger partial charge in [-0.05, 0) is 0 Å². The van der Waals surface area contributed by atoms with E-state index in [0.29, 0.717) is 11.5 Å². The van der Waals surface area contributed by atoms with E-state index < -0.39 is 0 Å². The lowest BCUT2D eigenvalue weighted by Crippen LogP contribution is -2.17. The molecule has 0 saturated carbocycles. The molecule has 0 saturated heterocycles. The van der Waals surface area contributed by atoms with Crippen molar-refractivity contribution in [1.82, 2.24) is 19.7 Å². The number of nitrogens with zero attached hydrogens (tertiary/aromatic N) is 3. The number of rotatable bonds is 1. The molecule has 0 aliphatic heterocycles. The molecule has 6 heteroatoms. The summed E-state index contributed by atoms with van der Waals surface area (Å²) in [4.78, 5) is 19.8. The standard InChI is InChI=1S/C11H15N5O/c1-11(2,3)9-8(12)10(17)16(15-9)7-4-5-13-6-14-7/h4-6,15H,12H2,1-3H3. The van der Waals surface area contributed by atoms with Crippen LogP contribution >= 0.6 is 0 Å². The molecule has 0 fully saturated rings. The largest absolute Gasteiger partial charge is 0.393 e. The van der Waals surface area contributed by atoms with Gasteiger partial charge in [0.05, 0.1) is 5.69 Å². The van der Waals surface area contributed by atoms with Gasteiger partial charge in [0.2, 0.25) is 0 Å². The third kappa shape index (κ3) is 1.93. The second-order valence-electron chi connectivity index (χ2n) is 4.86. The summed E-state index contributed by atoms with van der Waals surface area (Å²) in [5, 5.41) is 2.99. The molecule has 90 valence electrons. The van der Waals surface area contributed by atoms with Gasteiger partial charge in [0.1, 0.15) is 12.0 Å². The summed E-state index contributed by atoms with van der Waals surface area (Å²) < 4.78 is 1.33. The summed E-state index contributed by atoms with van der Waals surface area (Å²) in [6.07, 6.45) is 2.96. The van der Waals surface area contributed by atoms with Crippen LogP contribution in [0.15, 0.2) is 23.4 Å². The highest BCUT2D eigenvalue weighted by molar-refractivity contribution is 5.46. The van der Waals surface area contributed by atoms with E-state index >= 15 is 0 Å². The summed E-state index contributed by atoms with van der Waals surface area (Å²) >= 11 is 0. The third-order valence-electron chi connectivity index (χ3n) is 2.47. The second kappa shape index (κ2) is 3.73. The normalized spacial score (nSPS) is 11.7. The SMILES string of the molecule is CC(C)(C)c1[nH]n(-c2ccncn2)c(=O)c1N. The monoisotopic (exact) mass is 233 g/mol. The molecule has 0 radical (unpaired) electrons. The van der Waals surface area contributed by atoms with E-state index in [0.717, 1.165) is 0 Å². The maximum Gasteiger partial charge on any atom is 0.296 e. The topological polar surface area (TPSA) is 89.6 Å².